The highest BCUT2D eigenvalue weighted by atomic mass is 16.5. The molecule has 1 aromatic heterocycles. The summed E-state index contributed by atoms with van der Waals surface area (Å²) < 4.78 is 0. The number of fused-ring (bicyclic) bond motifs is 1. The van der Waals surface area contributed by atoms with Crippen LogP contribution in [0.3, 0.4) is 0 Å². The summed E-state index contributed by atoms with van der Waals surface area (Å²) in [5, 5.41) is 9.60. The summed E-state index contributed by atoms with van der Waals surface area (Å²) in [6.45, 7) is 0. The second-order valence-electron chi connectivity index (χ2n) is 3.05. The lowest BCUT2D eigenvalue weighted by Gasteiger charge is -2.00. The van der Waals surface area contributed by atoms with Gasteiger partial charge in [0.1, 0.15) is 0 Å². The van der Waals surface area contributed by atoms with Gasteiger partial charge < -0.3 is 4.98 Å². The van der Waals surface area contributed by atoms with E-state index in [-0.39, 0.29) is 11.1 Å². The SMILES string of the molecule is O=C(NO)c1ccc2cc[nH]c(=O)c2c1. The van der Waals surface area contributed by atoms with Gasteiger partial charge in [0.05, 0.1) is 0 Å². The molecule has 0 saturated carbocycles. The highest BCUT2D eigenvalue weighted by Gasteiger charge is 2.05. The van der Waals surface area contributed by atoms with E-state index in [0.717, 1.165) is 5.39 Å². The van der Waals surface area contributed by atoms with Gasteiger partial charge in [0.15, 0.2) is 0 Å². The van der Waals surface area contributed by atoms with E-state index in [9.17, 15) is 9.59 Å². The van der Waals surface area contributed by atoms with E-state index in [1.54, 1.807) is 12.1 Å². The Morgan fingerprint density at radius 1 is 1.33 bits per heavy atom. The quantitative estimate of drug-likeness (QED) is 0.471. The van der Waals surface area contributed by atoms with Crippen LogP contribution >= 0.6 is 0 Å². The molecule has 1 heterocycles. The van der Waals surface area contributed by atoms with Gasteiger partial charge in [-0.05, 0) is 23.6 Å². The molecular formula is C10H8N2O3. The first kappa shape index (κ1) is 9.42. The maximum absolute atomic E-state index is 11.4. The number of amides is 1. The number of aromatic amines is 1. The third-order valence-corrected chi connectivity index (χ3v) is 2.14. The van der Waals surface area contributed by atoms with Crippen LogP contribution in [-0.2, 0) is 0 Å². The Balaban J connectivity index is 2.70. The molecule has 0 spiro atoms. The predicted octanol–water partition coefficient (Wildman–Crippen LogP) is 0.647. The van der Waals surface area contributed by atoms with Crippen molar-refractivity contribution < 1.29 is 10.0 Å². The van der Waals surface area contributed by atoms with Crippen LogP contribution in [0.2, 0.25) is 0 Å². The van der Waals surface area contributed by atoms with Gasteiger partial charge in [-0.25, -0.2) is 5.48 Å². The van der Waals surface area contributed by atoms with E-state index in [0.29, 0.717) is 5.39 Å². The molecule has 15 heavy (non-hydrogen) atoms. The number of pyridine rings is 1. The van der Waals surface area contributed by atoms with Gasteiger partial charge in [0.25, 0.3) is 11.5 Å². The predicted molar refractivity (Wildman–Crippen MR) is 53.8 cm³/mol. The smallest absolute Gasteiger partial charge is 0.274 e. The van der Waals surface area contributed by atoms with Gasteiger partial charge >= 0.3 is 0 Å². The van der Waals surface area contributed by atoms with Gasteiger partial charge in [0, 0.05) is 17.1 Å². The molecule has 0 radical (unpaired) electrons. The Labute approximate surface area is 84.3 Å². The van der Waals surface area contributed by atoms with E-state index >= 15 is 0 Å². The Kier molecular flexibility index (Phi) is 2.23. The lowest BCUT2D eigenvalue weighted by molar-refractivity contribution is 0.0706. The summed E-state index contributed by atoms with van der Waals surface area (Å²) in [4.78, 5) is 25.0. The molecule has 3 N–H and O–H groups in total. The highest BCUT2D eigenvalue weighted by molar-refractivity contribution is 5.97. The van der Waals surface area contributed by atoms with Gasteiger partial charge in [-0.1, -0.05) is 6.07 Å². The van der Waals surface area contributed by atoms with Crippen LogP contribution in [0.25, 0.3) is 10.8 Å². The zero-order valence-corrected chi connectivity index (χ0v) is 7.65. The molecule has 0 saturated heterocycles. The average Bonchev–Trinajstić information content (AvgIpc) is 2.28. The summed E-state index contributed by atoms with van der Waals surface area (Å²) >= 11 is 0. The van der Waals surface area contributed by atoms with Crippen LogP contribution in [0.4, 0.5) is 0 Å². The maximum Gasteiger partial charge on any atom is 0.274 e. The van der Waals surface area contributed by atoms with Crippen LogP contribution < -0.4 is 11.0 Å². The molecule has 0 aliphatic rings. The summed E-state index contributed by atoms with van der Waals surface area (Å²) in [5.41, 5.74) is 1.49. The molecule has 0 atom stereocenters. The van der Waals surface area contributed by atoms with Crippen LogP contribution in [0.15, 0.2) is 35.3 Å². The fourth-order valence-electron chi connectivity index (χ4n) is 1.39. The minimum atomic E-state index is -0.639. The van der Waals surface area contributed by atoms with Crippen LogP contribution in [0, 0.1) is 0 Å². The molecule has 5 nitrogen and oxygen atoms in total. The molecular weight excluding hydrogens is 196 g/mol. The first-order chi connectivity index (χ1) is 7.22. The highest BCUT2D eigenvalue weighted by Crippen LogP contribution is 2.11. The Morgan fingerprint density at radius 2 is 2.13 bits per heavy atom. The molecule has 0 bridgehead atoms. The standard InChI is InChI=1S/C10H8N2O3/c13-9(12-15)7-2-1-6-3-4-11-10(14)8(6)5-7/h1-5,15H,(H,11,14)(H,12,13). The molecule has 1 aromatic carbocycles. The zero-order chi connectivity index (χ0) is 10.8. The number of rotatable bonds is 1. The van der Waals surface area contributed by atoms with Crippen LogP contribution in [0.1, 0.15) is 10.4 Å². The van der Waals surface area contributed by atoms with E-state index < -0.39 is 5.91 Å². The number of hydrogen-bond donors (Lipinski definition) is 3. The molecule has 5 heteroatoms. The van der Waals surface area contributed by atoms with Crippen molar-refractivity contribution in [1.29, 1.82) is 0 Å². The summed E-state index contributed by atoms with van der Waals surface area (Å²) in [5.74, 6) is -0.639. The topological polar surface area (TPSA) is 82.2 Å². The van der Waals surface area contributed by atoms with E-state index in [2.05, 4.69) is 4.98 Å². The molecule has 0 fully saturated rings. The Hall–Kier alpha value is -2.14. The van der Waals surface area contributed by atoms with Crippen molar-refractivity contribution in [2.24, 2.45) is 0 Å². The number of carbonyl (C=O) groups is 1. The maximum atomic E-state index is 11.4. The molecule has 2 aromatic rings. The largest absolute Gasteiger partial charge is 0.329 e. The number of H-pyrrole nitrogens is 1. The second kappa shape index (κ2) is 3.55. The van der Waals surface area contributed by atoms with Crippen molar-refractivity contribution in [3.8, 4) is 0 Å². The van der Waals surface area contributed by atoms with E-state index in [1.165, 1.54) is 23.8 Å². The normalized spacial score (nSPS) is 10.2. The third-order valence-electron chi connectivity index (χ3n) is 2.14. The fraction of sp³-hybridized carbons (Fsp3) is 0. The third kappa shape index (κ3) is 1.60. The number of nitrogens with one attached hydrogen (secondary N) is 2. The molecule has 76 valence electrons. The van der Waals surface area contributed by atoms with Crippen LogP contribution in [-0.4, -0.2) is 16.1 Å². The Morgan fingerprint density at radius 3 is 2.87 bits per heavy atom. The Bertz CT molecular complexity index is 574. The summed E-state index contributed by atoms with van der Waals surface area (Å²) in [6, 6.07) is 6.35. The van der Waals surface area contributed by atoms with E-state index in [1.807, 2.05) is 0 Å². The van der Waals surface area contributed by atoms with Gasteiger partial charge in [0.2, 0.25) is 0 Å². The van der Waals surface area contributed by atoms with Crippen molar-refractivity contribution in [2.45, 2.75) is 0 Å². The van der Waals surface area contributed by atoms with Crippen molar-refractivity contribution in [2.75, 3.05) is 0 Å². The lowest BCUT2D eigenvalue weighted by atomic mass is 10.1. The fourth-order valence-corrected chi connectivity index (χ4v) is 1.39. The molecule has 0 aliphatic carbocycles. The van der Waals surface area contributed by atoms with Gasteiger partial charge in [-0.15, -0.1) is 0 Å². The lowest BCUT2D eigenvalue weighted by Crippen LogP contribution is -2.18. The zero-order valence-electron chi connectivity index (χ0n) is 7.65. The van der Waals surface area contributed by atoms with Crippen molar-refractivity contribution >= 4 is 16.7 Å². The summed E-state index contributed by atoms with van der Waals surface area (Å²) in [7, 11) is 0. The van der Waals surface area contributed by atoms with Gasteiger partial charge in [-0.3, -0.25) is 14.8 Å². The molecule has 1 amide bonds. The minimum Gasteiger partial charge on any atom is -0.329 e. The first-order valence-electron chi connectivity index (χ1n) is 4.28. The average molecular weight is 204 g/mol. The molecule has 0 unspecified atom stereocenters. The summed E-state index contributed by atoms with van der Waals surface area (Å²) in [6.07, 6.45) is 1.54. The number of hydroxylamine groups is 1. The van der Waals surface area contributed by atoms with Crippen molar-refractivity contribution in [3.05, 3.63) is 46.4 Å². The number of benzene rings is 1. The second-order valence-corrected chi connectivity index (χ2v) is 3.05. The number of aromatic nitrogens is 1. The van der Waals surface area contributed by atoms with Crippen LogP contribution in [0.5, 0.6) is 0 Å². The van der Waals surface area contributed by atoms with Crippen molar-refractivity contribution in [1.82, 2.24) is 10.5 Å². The molecule has 2 rings (SSSR count). The van der Waals surface area contributed by atoms with E-state index in [4.69, 9.17) is 5.21 Å². The monoisotopic (exact) mass is 204 g/mol. The van der Waals surface area contributed by atoms with Gasteiger partial charge in [-0.2, -0.15) is 0 Å². The first-order valence-corrected chi connectivity index (χ1v) is 4.28. The minimum absolute atomic E-state index is 0.238. The number of hydrogen-bond acceptors (Lipinski definition) is 3. The molecule has 0 aliphatic heterocycles. The van der Waals surface area contributed by atoms with Crippen molar-refractivity contribution in [3.63, 3.8) is 0 Å². The number of carbonyl (C=O) groups excluding carboxylic acids is 1.